The van der Waals surface area contributed by atoms with Crippen LogP contribution in [0.25, 0.3) is 0 Å². The minimum Gasteiger partial charge on any atom is -0.382 e. The fourth-order valence-electron chi connectivity index (χ4n) is 0.766. The first kappa shape index (κ1) is 13.0. The van der Waals surface area contributed by atoms with Gasteiger partial charge in [-0.15, -0.1) is 0 Å². The Kier molecular flexibility index (Phi) is 7.43. The van der Waals surface area contributed by atoms with Crippen molar-refractivity contribution in [1.82, 2.24) is 0 Å². The van der Waals surface area contributed by atoms with E-state index in [1.807, 2.05) is 0 Å². The van der Waals surface area contributed by atoms with Gasteiger partial charge in [-0.25, -0.2) is 0 Å². The molecule has 0 heterocycles. The summed E-state index contributed by atoms with van der Waals surface area (Å²) in [4.78, 5) is 0. The second-order valence-electron chi connectivity index (χ2n) is 2.34. The van der Waals surface area contributed by atoms with Crippen LogP contribution in [-0.4, -0.2) is 56.7 Å². The lowest BCUT2D eigenvalue weighted by Gasteiger charge is -2.23. The van der Waals surface area contributed by atoms with Crippen LogP contribution in [0.2, 0.25) is 0 Å². The highest BCUT2D eigenvalue weighted by molar-refractivity contribution is 6.60. The van der Waals surface area contributed by atoms with E-state index >= 15 is 0 Å². The molecule has 0 aromatic rings. The second-order valence-corrected chi connectivity index (χ2v) is 5.22. The Balaban J connectivity index is 3.68. The van der Waals surface area contributed by atoms with Crippen molar-refractivity contribution in [2.45, 2.75) is 0 Å². The normalized spacial score (nSPS) is 12.0. The fourth-order valence-corrected chi connectivity index (χ4v) is 2.01. The molecule has 0 aliphatic rings. The Morgan fingerprint density at radius 3 is 1.77 bits per heavy atom. The molecule has 0 aliphatic carbocycles. The molecule has 0 saturated heterocycles. The number of hydrogen-bond donors (Lipinski definition) is 0. The van der Waals surface area contributed by atoms with E-state index in [0.717, 1.165) is 0 Å². The van der Waals surface area contributed by atoms with E-state index in [4.69, 9.17) is 22.8 Å². The molecule has 0 atom stereocenters. The van der Waals surface area contributed by atoms with Crippen molar-refractivity contribution in [3.05, 3.63) is 0 Å². The molecule has 0 aromatic heterocycles. The zero-order valence-corrected chi connectivity index (χ0v) is 9.66. The Labute approximate surface area is 80.2 Å². The Morgan fingerprint density at radius 1 is 0.846 bits per heavy atom. The van der Waals surface area contributed by atoms with Crippen LogP contribution in [0, 0.1) is 0 Å². The van der Waals surface area contributed by atoms with Crippen LogP contribution in [0.4, 0.5) is 0 Å². The first-order valence-electron chi connectivity index (χ1n) is 3.96. The summed E-state index contributed by atoms with van der Waals surface area (Å²) in [5, 5.41) is 0. The van der Waals surface area contributed by atoms with Gasteiger partial charge in [-0.1, -0.05) is 0 Å². The maximum Gasteiger partial charge on any atom is 0.527 e. The Bertz CT molecular complexity index is 109. The zero-order chi connectivity index (χ0) is 10.2. The summed E-state index contributed by atoms with van der Waals surface area (Å²) in [5.41, 5.74) is 0. The first-order chi connectivity index (χ1) is 6.24. The highest BCUT2D eigenvalue weighted by Crippen LogP contribution is 2.05. The van der Waals surface area contributed by atoms with Crippen molar-refractivity contribution in [3.63, 3.8) is 0 Å². The number of rotatable bonds is 8. The largest absolute Gasteiger partial charge is 0.527 e. The molecule has 13 heavy (non-hydrogen) atoms. The van der Waals surface area contributed by atoms with E-state index in [1.54, 1.807) is 28.4 Å². The van der Waals surface area contributed by atoms with Crippen molar-refractivity contribution in [2.75, 3.05) is 47.9 Å². The first-order valence-corrected chi connectivity index (χ1v) is 5.90. The monoisotopic (exact) mass is 210 g/mol. The molecular formula is C7H18O5Si. The smallest absolute Gasteiger partial charge is 0.382 e. The average Bonchev–Trinajstić information content (AvgIpc) is 2.20. The van der Waals surface area contributed by atoms with Crippen LogP contribution in [0.15, 0.2) is 0 Å². The summed E-state index contributed by atoms with van der Waals surface area (Å²) in [5.74, 6) is 0. The minimum atomic E-state index is -2.55. The highest BCUT2D eigenvalue weighted by atomic mass is 28.4. The van der Waals surface area contributed by atoms with Crippen LogP contribution in [0.5, 0.6) is 0 Å². The predicted molar refractivity (Wildman–Crippen MR) is 49.5 cm³/mol. The number of ether oxygens (including phenoxy) is 2. The Morgan fingerprint density at radius 2 is 1.38 bits per heavy atom. The SMILES string of the molecule is COCCOC[Si](OC)(OC)OC. The van der Waals surface area contributed by atoms with Crippen LogP contribution >= 0.6 is 0 Å². The molecule has 0 N–H and O–H groups in total. The van der Waals surface area contributed by atoms with E-state index in [9.17, 15) is 0 Å². The maximum atomic E-state index is 5.27. The van der Waals surface area contributed by atoms with E-state index in [2.05, 4.69) is 0 Å². The second kappa shape index (κ2) is 7.42. The van der Waals surface area contributed by atoms with Gasteiger partial charge in [0.15, 0.2) is 0 Å². The molecule has 5 nitrogen and oxygen atoms in total. The van der Waals surface area contributed by atoms with Gasteiger partial charge in [-0.2, -0.15) is 0 Å². The van der Waals surface area contributed by atoms with Gasteiger partial charge in [0, 0.05) is 28.4 Å². The van der Waals surface area contributed by atoms with Gasteiger partial charge in [0.2, 0.25) is 0 Å². The van der Waals surface area contributed by atoms with Crippen molar-refractivity contribution in [3.8, 4) is 0 Å². The summed E-state index contributed by atoms with van der Waals surface area (Å²) in [6, 6.07) is 0. The summed E-state index contributed by atoms with van der Waals surface area (Å²) in [6.45, 7) is 1.07. The molecule has 0 radical (unpaired) electrons. The molecule has 0 saturated carbocycles. The number of methoxy groups -OCH3 is 1. The van der Waals surface area contributed by atoms with Crippen molar-refractivity contribution in [1.29, 1.82) is 0 Å². The molecular weight excluding hydrogens is 192 g/mol. The van der Waals surface area contributed by atoms with Crippen LogP contribution in [0.3, 0.4) is 0 Å². The van der Waals surface area contributed by atoms with Crippen molar-refractivity contribution in [2.24, 2.45) is 0 Å². The minimum absolute atomic E-state index is 0.347. The molecule has 0 spiro atoms. The lowest BCUT2D eigenvalue weighted by molar-refractivity contribution is 0.0413. The Hall–Kier alpha value is 0.0169. The molecule has 0 unspecified atom stereocenters. The highest BCUT2D eigenvalue weighted by Gasteiger charge is 2.38. The van der Waals surface area contributed by atoms with Gasteiger partial charge in [0.05, 0.1) is 13.2 Å². The van der Waals surface area contributed by atoms with E-state index in [1.165, 1.54) is 0 Å². The van der Waals surface area contributed by atoms with Gasteiger partial charge in [0.1, 0.15) is 6.23 Å². The van der Waals surface area contributed by atoms with Crippen LogP contribution < -0.4 is 0 Å². The molecule has 0 bridgehead atoms. The maximum absolute atomic E-state index is 5.27. The van der Waals surface area contributed by atoms with Crippen molar-refractivity contribution < 1.29 is 22.8 Å². The summed E-state index contributed by atoms with van der Waals surface area (Å²) in [6.07, 6.45) is 0.347. The van der Waals surface area contributed by atoms with E-state index in [-0.39, 0.29) is 0 Å². The molecule has 0 aromatic carbocycles. The molecule has 0 aliphatic heterocycles. The van der Waals surface area contributed by atoms with Gasteiger partial charge in [0.25, 0.3) is 0 Å². The van der Waals surface area contributed by atoms with Crippen LogP contribution in [-0.2, 0) is 22.8 Å². The summed E-state index contributed by atoms with van der Waals surface area (Å²) in [7, 11) is 3.74. The topological polar surface area (TPSA) is 46.2 Å². The lowest BCUT2D eigenvalue weighted by atomic mass is 10.8. The third kappa shape index (κ3) is 4.70. The van der Waals surface area contributed by atoms with Gasteiger partial charge in [-0.05, 0) is 0 Å². The van der Waals surface area contributed by atoms with Gasteiger partial charge in [-0.3, -0.25) is 0 Å². The predicted octanol–water partition coefficient (Wildman–Crippen LogP) is 0.0667. The lowest BCUT2D eigenvalue weighted by Crippen LogP contribution is -2.48. The van der Waals surface area contributed by atoms with E-state index < -0.39 is 8.80 Å². The standard InChI is InChI=1S/C7H18O5Si/c1-8-5-6-12-7-13(9-2,10-3)11-4/h5-7H2,1-4H3. The van der Waals surface area contributed by atoms with Crippen molar-refractivity contribution >= 4 is 8.80 Å². The summed E-state index contributed by atoms with van der Waals surface area (Å²) >= 11 is 0. The zero-order valence-electron chi connectivity index (χ0n) is 8.66. The average molecular weight is 210 g/mol. The molecule has 0 fully saturated rings. The molecule has 0 amide bonds. The quantitative estimate of drug-likeness (QED) is 0.419. The molecule has 80 valence electrons. The molecule has 6 heteroatoms. The number of hydrogen-bond acceptors (Lipinski definition) is 5. The van der Waals surface area contributed by atoms with Gasteiger partial charge < -0.3 is 22.8 Å². The van der Waals surface area contributed by atoms with E-state index in [0.29, 0.717) is 19.4 Å². The third-order valence-electron chi connectivity index (χ3n) is 1.64. The molecule has 0 rings (SSSR count). The van der Waals surface area contributed by atoms with Crippen LogP contribution in [0.1, 0.15) is 0 Å². The summed E-state index contributed by atoms with van der Waals surface area (Å²) < 4.78 is 25.5. The third-order valence-corrected chi connectivity index (χ3v) is 4.07. The fraction of sp³-hybridized carbons (Fsp3) is 1.00. The van der Waals surface area contributed by atoms with Gasteiger partial charge >= 0.3 is 8.80 Å².